The maximum absolute atomic E-state index is 14.0. The van der Waals surface area contributed by atoms with Crippen molar-refractivity contribution in [2.75, 3.05) is 36.5 Å². The number of benzene rings is 2. The second-order valence-electron chi connectivity index (χ2n) is 8.32. The van der Waals surface area contributed by atoms with Gasteiger partial charge in [0.2, 0.25) is 0 Å². The molecule has 0 radical (unpaired) electrons. The van der Waals surface area contributed by atoms with E-state index in [1.165, 1.54) is 6.07 Å². The number of halogens is 1. The van der Waals surface area contributed by atoms with Gasteiger partial charge < -0.3 is 14.5 Å². The first-order valence-electron chi connectivity index (χ1n) is 10.8. The Morgan fingerprint density at radius 1 is 1.10 bits per heavy atom. The van der Waals surface area contributed by atoms with Gasteiger partial charge in [0, 0.05) is 56.2 Å². The fraction of sp³-hybridized carbons (Fsp3) is 0.458. The number of amides is 2. The highest BCUT2D eigenvalue weighted by Gasteiger charge is 2.27. The van der Waals surface area contributed by atoms with E-state index in [1.54, 1.807) is 11.0 Å². The summed E-state index contributed by atoms with van der Waals surface area (Å²) in [5.41, 5.74) is 2.71. The lowest BCUT2D eigenvalue weighted by molar-refractivity contribution is 0.204. The smallest absolute Gasteiger partial charge is 0.324 e. The third kappa shape index (κ3) is 4.53. The molecule has 1 unspecified atom stereocenters. The van der Waals surface area contributed by atoms with Crippen LogP contribution in [0.5, 0.6) is 5.75 Å². The van der Waals surface area contributed by atoms with Crippen molar-refractivity contribution in [3.8, 4) is 5.75 Å². The molecule has 2 aliphatic rings. The Bertz CT molecular complexity index is 881. The highest BCUT2D eigenvalue weighted by Crippen LogP contribution is 2.27. The molecule has 2 aromatic rings. The average Bonchev–Trinajstić information content (AvgIpc) is 3.43. The van der Waals surface area contributed by atoms with E-state index in [0.29, 0.717) is 18.4 Å². The number of carbonyl (C=O) groups excluding carboxylic acids is 1. The number of rotatable bonds is 5. The molecule has 0 saturated carbocycles. The molecular formula is C24H30FN3O2. The van der Waals surface area contributed by atoms with Crippen LogP contribution >= 0.6 is 0 Å². The van der Waals surface area contributed by atoms with Gasteiger partial charge in [-0.1, -0.05) is 12.1 Å². The molecule has 2 aliphatic heterocycles. The summed E-state index contributed by atoms with van der Waals surface area (Å²) >= 11 is 0. The Kier molecular flexibility index (Phi) is 6.11. The van der Waals surface area contributed by atoms with Gasteiger partial charge in [-0.25, -0.2) is 9.18 Å². The second kappa shape index (κ2) is 8.94. The van der Waals surface area contributed by atoms with Crippen LogP contribution in [-0.4, -0.2) is 43.7 Å². The average molecular weight is 412 g/mol. The van der Waals surface area contributed by atoms with Crippen LogP contribution in [0.3, 0.4) is 0 Å². The predicted molar refractivity (Wildman–Crippen MR) is 118 cm³/mol. The normalized spacial score (nSPS) is 18.7. The van der Waals surface area contributed by atoms with Crippen molar-refractivity contribution in [1.29, 1.82) is 0 Å². The van der Waals surface area contributed by atoms with E-state index < -0.39 is 0 Å². The summed E-state index contributed by atoms with van der Waals surface area (Å²) in [6.07, 6.45) is 4.42. The third-order valence-corrected chi connectivity index (χ3v) is 6.14. The maximum Gasteiger partial charge on any atom is 0.324 e. The molecule has 0 aromatic heterocycles. The largest absolute Gasteiger partial charge is 0.489 e. The van der Waals surface area contributed by atoms with E-state index in [0.717, 1.165) is 62.3 Å². The van der Waals surface area contributed by atoms with E-state index in [4.69, 9.17) is 4.74 Å². The first kappa shape index (κ1) is 20.5. The summed E-state index contributed by atoms with van der Waals surface area (Å²) in [6, 6.07) is 13.0. The first-order valence-corrected chi connectivity index (χ1v) is 10.8. The zero-order valence-corrected chi connectivity index (χ0v) is 17.8. The van der Waals surface area contributed by atoms with Crippen LogP contribution in [0.2, 0.25) is 0 Å². The van der Waals surface area contributed by atoms with Crippen molar-refractivity contribution in [3.05, 3.63) is 53.8 Å². The number of likely N-dealkylation sites (tertiary alicyclic amines) is 1. The number of urea groups is 1. The van der Waals surface area contributed by atoms with Gasteiger partial charge >= 0.3 is 6.03 Å². The lowest BCUT2D eigenvalue weighted by Gasteiger charge is -2.28. The molecule has 5 nitrogen and oxygen atoms in total. The molecule has 4 rings (SSSR count). The van der Waals surface area contributed by atoms with Crippen molar-refractivity contribution in [2.24, 2.45) is 0 Å². The van der Waals surface area contributed by atoms with Crippen molar-refractivity contribution >= 4 is 17.4 Å². The summed E-state index contributed by atoms with van der Waals surface area (Å²) < 4.78 is 19.9. The SMILES string of the molecule is CC1CCCN1C(=O)N(C)c1ccc(COc2cc(F)cc(N3CCCC3)c2)cc1. The quantitative estimate of drug-likeness (QED) is 0.691. The molecule has 2 heterocycles. The summed E-state index contributed by atoms with van der Waals surface area (Å²) in [5, 5.41) is 0. The Hall–Kier alpha value is -2.76. The van der Waals surface area contributed by atoms with E-state index in [-0.39, 0.29) is 11.8 Å². The van der Waals surface area contributed by atoms with E-state index in [2.05, 4.69) is 11.8 Å². The molecule has 1 atom stereocenters. The highest BCUT2D eigenvalue weighted by atomic mass is 19.1. The fourth-order valence-corrected chi connectivity index (χ4v) is 4.29. The van der Waals surface area contributed by atoms with Crippen LogP contribution in [-0.2, 0) is 6.61 Å². The van der Waals surface area contributed by atoms with Crippen LogP contribution in [0.1, 0.15) is 38.2 Å². The van der Waals surface area contributed by atoms with Crippen molar-refractivity contribution in [1.82, 2.24) is 4.90 Å². The number of hydrogen-bond donors (Lipinski definition) is 0. The Morgan fingerprint density at radius 3 is 2.50 bits per heavy atom. The number of carbonyl (C=O) groups is 1. The van der Waals surface area contributed by atoms with Gasteiger partial charge in [-0.2, -0.15) is 0 Å². The zero-order valence-electron chi connectivity index (χ0n) is 17.8. The molecule has 2 aromatic carbocycles. The van der Waals surface area contributed by atoms with Crippen molar-refractivity contribution < 1.29 is 13.9 Å². The van der Waals surface area contributed by atoms with Crippen LogP contribution < -0.4 is 14.5 Å². The number of hydrogen-bond acceptors (Lipinski definition) is 3. The summed E-state index contributed by atoms with van der Waals surface area (Å²) in [6.45, 7) is 5.20. The van der Waals surface area contributed by atoms with Gasteiger partial charge in [0.1, 0.15) is 18.2 Å². The zero-order chi connectivity index (χ0) is 21.1. The molecular weight excluding hydrogens is 381 g/mol. The van der Waals surface area contributed by atoms with Crippen molar-refractivity contribution in [3.63, 3.8) is 0 Å². The van der Waals surface area contributed by atoms with Gasteiger partial charge in [0.05, 0.1) is 0 Å². The molecule has 6 heteroatoms. The molecule has 0 bridgehead atoms. The third-order valence-electron chi connectivity index (χ3n) is 6.14. The maximum atomic E-state index is 14.0. The Balaban J connectivity index is 1.37. The van der Waals surface area contributed by atoms with Gasteiger partial charge in [-0.05, 0) is 56.4 Å². The van der Waals surface area contributed by atoms with Gasteiger partial charge in [-0.15, -0.1) is 0 Å². The summed E-state index contributed by atoms with van der Waals surface area (Å²) in [4.78, 5) is 18.5. The molecule has 0 spiro atoms. The van der Waals surface area contributed by atoms with E-state index in [9.17, 15) is 9.18 Å². The van der Waals surface area contributed by atoms with Gasteiger partial charge in [0.25, 0.3) is 0 Å². The minimum Gasteiger partial charge on any atom is -0.489 e. The number of ether oxygens (including phenoxy) is 1. The second-order valence-corrected chi connectivity index (χ2v) is 8.32. The number of nitrogens with zero attached hydrogens (tertiary/aromatic N) is 3. The minimum absolute atomic E-state index is 0.0400. The van der Waals surface area contributed by atoms with E-state index >= 15 is 0 Å². The van der Waals surface area contributed by atoms with Crippen LogP contribution in [0.25, 0.3) is 0 Å². The number of anilines is 2. The monoisotopic (exact) mass is 411 g/mol. The summed E-state index contributed by atoms with van der Waals surface area (Å²) in [7, 11) is 1.81. The lowest BCUT2D eigenvalue weighted by atomic mass is 10.2. The standard InChI is InChI=1S/C24H30FN3O2/c1-18-6-5-13-28(18)24(29)26(2)21-9-7-19(8-10-21)17-30-23-15-20(25)14-22(16-23)27-11-3-4-12-27/h7-10,14-16,18H,3-6,11-13,17H2,1-2H3. The first-order chi connectivity index (χ1) is 14.5. The van der Waals surface area contributed by atoms with Crippen molar-refractivity contribution in [2.45, 2.75) is 45.3 Å². The molecule has 0 N–H and O–H groups in total. The minimum atomic E-state index is -0.277. The topological polar surface area (TPSA) is 36.0 Å². The molecule has 2 saturated heterocycles. The fourth-order valence-electron chi connectivity index (χ4n) is 4.29. The van der Waals surface area contributed by atoms with Gasteiger partial charge in [-0.3, -0.25) is 4.90 Å². The van der Waals surface area contributed by atoms with Crippen LogP contribution in [0.4, 0.5) is 20.6 Å². The van der Waals surface area contributed by atoms with Gasteiger partial charge in [0.15, 0.2) is 0 Å². The van der Waals surface area contributed by atoms with Crippen LogP contribution in [0, 0.1) is 5.82 Å². The predicted octanol–water partition coefficient (Wildman–Crippen LogP) is 5.05. The molecule has 0 aliphatic carbocycles. The molecule has 2 fully saturated rings. The highest BCUT2D eigenvalue weighted by molar-refractivity contribution is 5.91. The molecule has 2 amide bonds. The molecule has 30 heavy (non-hydrogen) atoms. The van der Waals surface area contributed by atoms with Crippen LogP contribution in [0.15, 0.2) is 42.5 Å². The Labute approximate surface area is 178 Å². The summed E-state index contributed by atoms with van der Waals surface area (Å²) in [5.74, 6) is 0.261. The molecule has 160 valence electrons. The Morgan fingerprint density at radius 2 is 1.83 bits per heavy atom. The van der Waals surface area contributed by atoms with E-state index in [1.807, 2.05) is 42.3 Å². The lowest BCUT2D eigenvalue weighted by Crippen LogP contribution is -2.42.